The Hall–Kier alpha value is -1.57. The molecular formula is C13H15NO. The number of carbonyl (C=O) groups excluding carboxylic acids is 1. The summed E-state index contributed by atoms with van der Waals surface area (Å²) >= 11 is 0. The van der Waals surface area contributed by atoms with Crippen molar-refractivity contribution >= 4 is 5.91 Å². The highest BCUT2D eigenvalue weighted by Crippen LogP contribution is 2.43. The maximum atomic E-state index is 11.4. The summed E-state index contributed by atoms with van der Waals surface area (Å²) in [6, 6.07) is 10.7. The molecule has 2 nitrogen and oxygen atoms in total. The topological polar surface area (TPSA) is 20.3 Å². The highest BCUT2D eigenvalue weighted by molar-refractivity contribution is 5.87. The van der Waals surface area contributed by atoms with Crippen LogP contribution in [0.5, 0.6) is 0 Å². The van der Waals surface area contributed by atoms with Gasteiger partial charge in [-0.05, 0) is 18.1 Å². The molecule has 0 heterocycles. The summed E-state index contributed by atoms with van der Waals surface area (Å²) in [7, 11) is 1.84. The van der Waals surface area contributed by atoms with E-state index in [-0.39, 0.29) is 5.91 Å². The Morgan fingerprint density at radius 2 is 2.13 bits per heavy atom. The molecule has 2 heteroatoms. The number of hydrogen-bond acceptors (Lipinski definition) is 1. The Labute approximate surface area is 90.2 Å². The van der Waals surface area contributed by atoms with Gasteiger partial charge in [0.2, 0.25) is 5.91 Å². The monoisotopic (exact) mass is 201 g/mol. The van der Waals surface area contributed by atoms with Gasteiger partial charge in [-0.15, -0.1) is 0 Å². The number of rotatable bonds is 3. The summed E-state index contributed by atoms with van der Waals surface area (Å²) in [4.78, 5) is 13.2. The maximum absolute atomic E-state index is 11.4. The number of benzene rings is 1. The molecule has 0 saturated heterocycles. The first-order valence-corrected chi connectivity index (χ1v) is 5.18. The lowest BCUT2D eigenvalue weighted by atomic mass is 10.1. The zero-order valence-corrected chi connectivity index (χ0v) is 8.89. The molecule has 78 valence electrons. The fourth-order valence-corrected chi connectivity index (χ4v) is 1.98. The van der Waals surface area contributed by atoms with Gasteiger partial charge in [0.1, 0.15) is 0 Å². The molecule has 15 heavy (non-hydrogen) atoms. The number of nitrogens with zero attached hydrogens (tertiary/aromatic N) is 1. The van der Waals surface area contributed by atoms with E-state index in [1.807, 2.05) is 25.2 Å². The Bertz CT molecular complexity index is 371. The Kier molecular flexibility index (Phi) is 2.58. The van der Waals surface area contributed by atoms with Crippen LogP contribution < -0.4 is 0 Å². The summed E-state index contributed by atoms with van der Waals surface area (Å²) in [6.07, 6.45) is 2.44. The third-order valence-electron chi connectivity index (χ3n) is 3.00. The van der Waals surface area contributed by atoms with E-state index in [4.69, 9.17) is 0 Å². The van der Waals surface area contributed by atoms with Crippen LogP contribution in [0.1, 0.15) is 17.9 Å². The Morgan fingerprint density at radius 3 is 2.73 bits per heavy atom. The number of amides is 1. The summed E-state index contributed by atoms with van der Waals surface area (Å²) in [5.74, 6) is 0.526. The van der Waals surface area contributed by atoms with Gasteiger partial charge in [-0.2, -0.15) is 0 Å². The molecule has 1 aliphatic rings. The van der Waals surface area contributed by atoms with E-state index in [1.165, 1.54) is 11.6 Å². The first kappa shape index (κ1) is 9.97. The minimum Gasteiger partial charge on any atom is -0.339 e. The third kappa shape index (κ3) is 1.94. The van der Waals surface area contributed by atoms with Gasteiger partial charge in [0.15, 0.2) is 0 Å². The average molecular weight is 201 g/mol. The van der Waals surface area contributed by atoms with Crippen molar-refractivity contribution in [2.75, 3.05) is 7.05 Å². The molecule has 2 rings (SSSR count). The van der Waals surface area contributed by atoms with E-state index in [1.54, 1.807) is 4.90 Å². The molecule has 0 radical (unpaired) electrons. The second-order valence-electron chi connectivity index (χ2n) is 3.97. The molecule has 1 saturated carbocycles. The van der Waals surface area contributed by atoms with E-state index < -0.39 is 0 Å². The number of carbonyl (C=O) groups is 1. The molecular weight excluding hydrogens is 186 g/mol. The Balaban J connectivity index is 2.02. The standard InChI is InChI=1S/C13H15NO/c1-3-13(15)14(2)12-9-11(12)10-7-5-4-6-8-10/h3-8,11-12H,1,9H2,2H3. The summed E-state index contributed by atoms with van der Waals surface area (Å²) in [5.41, 5.74) is 1.33. The zero-order valence-electron chi connectivity index (χ0n) is 8.89. The normalized spacial score (nSPS) is 23.3. The van der Waals surface area contributed by atoms with Crippen LogP contribution in [0.2, 0.25) is 0 Å². The molecule has 0 N–H and O–H groups in total. The summed E-state index contributed by atoms with van der Waals surface area (Å²) in [6.45, 7) is 3.50. The van der Waals surface area contributed by atoms with Crippen molar-refractivity contribution in [3.63, 3.8) is 0 Å². The largest absolute Gasteiger partial charge is 0.339 e. The molecule has 1 aromatic carbocycles. The predicted molar refractivity (Wildman–Crippen MR) is 60.6 cm³/mol. The van der Waals surface area contributed by atoms with Crippen molar-refractivity contribution in [2.45, 2.75) is 18.4 Å². The molecule has 0 aromatic heterocycles. The van der Waals surface area contributed by atoms with Crippen LogP contribution in [0.3, 0.4) is 0 Å². The SMILES string of the molecule is C=CC(=O)N(C)C1CC1c1ccccc1. The predicted octanol–water partition coefficient (Wildman–Crippen LogP) is 2.19. The second kappa shape index (κ2) is 3.89. The minimum absolute atomic E-state index is 0.0124. The van der Waals surface area contributed by atoms with Gasteiger partial charge in [0.25, 0.3) is 0 Å². The van der Waals surface area contributed by atoms with Gasteiger partial charge in [0, 0.05) is 19.0 Å². The summed E-state index contributed by atoms with van der Waals surface area (Å²) in [5, 5.41) is 0. The quantitative estimate of drug-likeness (QED) is 0.686. The van der Waals surface area contributed by atoms with Crippen LogP contribution in [0.4, 0.5) is 0 Å². The molecule has 1 fully saturated rings. The van der Waals surface area contributed by atoms with Crippen molar-refractivity contribution in [3.05, 3.63) is 48.6 Å². The molecule has 0 aliphatic heterocycles. The molecule has 1 amide bonds. The van der Waals surface area contributed by atoms with Crippen LogP contribution in [0.15, 0.2) is 43.0 Å². The highest BCUT2D eigenvalue weighted by Gasteiger charge is 2.42. The van der Waals surface area contributed by atoms with Gasteiger partial charge in [0.05, 0.1) is 0 Å². The van der Waals surface area contributed by atoms with E-state index in [0.717, 1.165) is 6.42 Å². The molecule has 1 aromatic rings. The fraction of sp³-hybridized carbons (Fsp3) is 0.308. The van der Waals surface area contributed by atoms with Crippen molar-refractivity contribution in [1.82, 2.24) is 4.90 Å². The maximum Gasteiger partial charge on any atom is 0.245 e. The van der Waals surface area contributed by atoms with Gasteiger partial charge in [-0.25, -0.2) is 0 Å². The number of hydrogen-bond donors (Lipinski definition) is 0. The van der Waals surface area contributed by atoms with Crippen LogP contribution in [-0.2, 0) is 4.79 Å². The third-order valence-corrected chi connectivity index (χ3v) is 3.00. The smallest absolute Gasteiger partial charge is 0.245 e. The van der Waals surface area contributed by atoms with Crippen LogP contribution in [0, 0.1) is 0 Å². The van der Waals surface area contributed by atoms with Crippen molar-refractivity contribution < 1.29 is 4.79 Å². The summed E-state index contributed by atoms with van der Waals surface area (Å²) < 4.78 is 0. The van der Waals surface area contributed by atoms with Gasteiger partial charge in [-0.3, -0.25) is 4.79 Å². The second-order valence-corrected chi connectivity index (χ2v) is 3.97. The van der Waals surface area contributed by atoms with E-state index >= 15 is 0 Å². The van der Waals surface area contributed by atoms with Gasteiger partial charge in [-0.1, -0.05) is 36.9 Å². The highest BCUT2D eigenvalue weighted by atomic mass is 16.2. The van der Waals surface area contributed by atoms with Gasteiger partial charge >= 0.3 is 0 Å². The van der Waals surface area contributed by atoms with Crippen LogP contribution in [0.25, 0.3) is 0 Å². The zero-order chi connectivity index (χ0) is 10.8. The molecule has 0 spiro atoms. The lowest BCUT2D eigenvalue weighted by molar-refractivity contribution is -0.125. The first-order valence-electron chi connectivity index (χ1n) is 5.18. The van der Waals surface area contributed by atoms with Crippen molar-refractivity contribution in [3.8, 4) is 0 Å². The lowest BCUT2D eigenvalue weighted by Crippen LogP contribution is -2.27. The molecule has 1 aliphatic carbocycles. The van der Waals surface area contributed by atoms with E-state index in [0.29, 0.717) is 12.0 Å². The fourth-order valence-electron chi connectivity index (χ4n) is 1.98. The van der Waals surface area contributed by atoms with Crippen LogP contribution >= 0.6 is 0 Å². The molecule has 0 bridgehead atoms. The van der Waals surface area contributed by atoms with E-state index in [9.17, 15) is 4.79 Å². The van der Waals surface area contributed by atoms with Crippen molar-refractivity contribution in [1.29, 1.82) is 0 Å². The Morgan fingerprint density at radius 1 is 1.47 bits per heavy atom. The van der Waals surface area contributed by atoms with Crippen LogP contribution in [-0.4, -0.2) is 23.9 Å². The number of likely N-dealkylation sites (N-methyl/N-ethyl adjacent to an activating group) is 1. The molecule has 2 unspecified atom stereocenters. The molecule has 2 atom stereocenters. The average Bonchev–Trinajstić information content (AvgIpc) is 3.08. The first-order chi connectivity index (χ1) is 7.24. The minimum atomic E-state index is 0.0124. The van der Waals surface area contributed by atoms with Gasteiger partial charge < -0.3 is 4.90 Å². The van der Waals surface area contributed by atoms with E-state index in [2.05, 4.69) is 18.7 Å². The lowest BCUT2D eigenvalue weighted by Gasteiger charge is -2.14. The van der Waals surface area contributed by atoms with Crippen molar-refractivity contribution in [2.24, 2.45) is 0 Å².